The van der Waals surface area contributed by atoms with Crippen molar-refractivity contribution in [3.05, 3.63) is 58.9 Å². The van der Waals surface area contributed by atoms with Crippen molar-refractivity contribution >= 4 is 17.2 Å². The van der Waals surface area contributed by atoms with Crippen LogP contribution in [0.3, 0.4) is 0 Å². The fourth-order valence-electron chi connectivity index (χ4n) is 2.95. The van der Waals surface area contributed by atoms with Gasteiger partial charge in [0.05, 0.1) is 11.7 Å². The second kappa shape index (κ2) is 7.21. The highest BCUT2D eigenvalue weighted by Crippen LogP contribution is 2.27. The van der Waals surface area contributed by atoms with Crippen LogP contribution in [0.4, 0.5) is 0 Å². The van der Waals surface area contributed by atoms with Gasteiger partial charge in [-0.3, -0.25) is 4.79 Å². The summed E-state index contributed by atoms with van der Waals surface area (Å²) in [4.78, 5) is 26.4. The predicted molar refractivity (Wildman–Crippen MR) is 99.4 cm³/mol. The van der Waals surface area contributed by atoms with Crippen LogP contribution in [-0.2, 0) is 12.8 Å². The molecule has 0 aliphatic carbocycles. The Morgan fingerprint density at radius 2 is 2.08 bits per heavy atom. The van der Waals surface area contributed by atoms with E-state index in [0.717, 1.165) is 23.4 Å². The van der Waals surface area contributed by atoms with E-state index >= 15 is 0 Å². The van der Waals surface area contributed by atoms with Crippen molar-refractivity contribution in [2.75, 3.05) is 6.61 Å². The molecule has 7 heteroatoms. The Balaban J connectivity index is 1.53. The van der Waals surface area contributed by atoms with Gasteiger partial charge in [-0.1, -0.05) is 25.1 Å². The van der Waals surface area contributed by atoms with E-state index in [-0.39, 0.29) is 11.9 Å². The number of thiazole rings is 1. The zero-order valence-corrected chi connectivity index (χ0v) is 15.1. The Labute approximate surface area is 155 Å². The van der Waals surface area contributed by atoms with E-state index in [1.54, 1.807) is 18.5 Å². The lowest BCUT2D eigenvalue weighted by molar-refractivity contribution is 0.0918. The summed E-state index contributed by atoms with van der Waals surface area (Å²) in [6, 6.07) is 9.63. The number of nitrogens with one attached hydrogen (secondary N) is 1. The lowest BCUT2D eigenvalue weighted by Crippen LogP contribution is -2.42. The lowest BCUT2D eigenvalue weighted by atomic mass is 10.0. The van der Waals surface area contributed by atoms with Gasteiger partial charge in [-0.15, -0.1) is 11.3 Å². The van der Waals surface area contributed by atoms with Gasteiger partial charge in [0.2, 0.25) is 0 Å². The zero-order chi connectivity index (χ0) is 17.9. The zero-order valence-electron chi connectivity index (χ0n) is 14.3. The normalized spacial score (nSPS) is 15.8. The summed E-state index contributed by atoms with van der Waals surface area (Å²) in [5.74, 6) is 1.32. The minimum absolute atomic E-state index is 0.0550. The summed E-state index contributed by atoms with van der Waals surface area (Å²) in [5.41, 5.74) is 1.88. The number of nitrogens with zero attached hydrogens (tertiary/aromatic N) is 3. The van der Waals surface area contributed by atoms with E-state index in [2.05, 4.69) is 20.3 Å². The van der Waals surface area contributed by atoms with E-state index in [1.165, 1.54) is 11.3 Å². The van der Waals surface area contributed by atoms with Gasteiger partial charge in [0, 0.05) is 12.4 Å². The second-order valence-electron chi connectivity index (χ2n) is 6.01. The molecule has 0 fully saturated rings. The summed E-state index contributed by atoms with van der Waals surface area (Å²) < 4.78 is 5.76. The number of amides is 1. The smallest absolute Gasteiger partial charge is 0.263 e. The number of carbonyl (C=O) groups excluding carboxylic acids is 1. The predicted octanol–water partition coefficient (Wildman–Crippen LogP) is 2.90. The third-order valence-electron chi connectivity index (χ3n) is 4.21. The molecule has 1 unspecified atom stereocenters. The number of rotatable bonds is 4. The van der Waals surface area contributed by atoms with E-state index in [9.17, 15) is 4.79 Å². The summed E-state index contributed by atoms with van der Waals surface area (Å²) in [7, 11) is 0. The fraction of sp³-hybridized carbons (Fsp3) is 0.263. The highest BCUT2D eigenvalue weighted by molar-refractivity contribution is 7.17. The van der Waals surface area contributed by atoms with Crippen LogP contribution in [0.15, 0.2) is 42.7 Å². The molecule has 2 aromatic heterocycles. The highest BCUT2D eigenvalue weighted by Gasteiger charge is 2.25. The van der Waals surface area contributed by atoms with Crippen LogP contribution in [0.2, 0.25) is 0 Å². The Hall–Kier alpha value is -2.80. The van der Waals surface area contributed by atoms with Crippen LogP contribution in [0.5, 0.6) is 5.75 Å². The molecular weight excluding hydrogens is 348 g/mol. The molecule has 1 amide bonds. The highest BCUT2D eigenvalue weighted by atomic mass is 32.1. The summed E-state index contributed by atoms with van der Waals surface area (Å²) in [6.07, 6.45) is 4.78. The Kier molecular flexibility index (Phi) is 4.62. The first-order chi connectivity index (χ1) is 12.7. The third kappa shape index (κ3) is 3.30. The van der Waals surface area contributed by atoms with Crippen LogP contribution in [-0.4, -0.2) is 33.5 Å². The average Bonchev–Trinajstić information content (AvgIpc) is 3.13. The van der Waals surface area contributed by atoms with Crippen LogP contribution < -0.4 is 10.1 Å². The third-order valence-corrected chi connectivity index (χ3v) is 5.30. The first-order valence-corrected chi connectivity index (χ1v) is 9.35. The van der Waals surface area contributed by atoms with Crippen molar-refractivity contribution in [2.24, 2.45) is 0 Å². The van der Waals surface area contributed by atoms with E-state index < -0.39 is 0 Å². The molecular formula is C19H18N4O2S. The molecule has 0 saturated heterocycles. The summed E-state index contributed by atoms with van der Waals surface area (Å²) in [6.45, 7) is 2.46. The van der Waals surface area contributed by atoms with Gasteiger partial charge in [-0.05, 0) is 30.5 Å². The topological polar surface area (TPSA) is 77.0 Å². The Morgan fingerprint density at radius 3 is 2.88 bits per heavy atom. The molecule has 1 aliphatic heterocycles. The molecule has 1 atom stereocenters. The van der Waals surface area contributed by atoms with Gasteiger partial charge < -0.3 is 10.1 Å². The van der Waals surface area contributed by atoms with Crippen molar-refractivity contribution in [3.63, 3.8) is 0 Å². The van der Waals surface area contributed by atoms with Gasteiger partial charge in [0.15, 0.2) is 10.8 Å². The maximum Gasteiger partial charge on any atom is 0.263 e. The Morgan fingerprint density at radius 1 is 1.27 bits per heavy atom. The average molecular weight is 366 g/mol. The number of ether oxygens (including phenoxy) is 1. The number of aryl methyl sites for hydroxylation is 1. The molecule has 0 spiro atoms. The number of benzene rings is 1. The lowest BCUT2D eigenvalue weighted by Gasteiger charge is -2.25. The largest absolute Gasteiger partial charge is 0.491 e. The quantitative estimate of drug-likeness (QED) is 0.768. The number of aromatic nitrogens is 3. The molecule has 0 bridgehead atoms. The van der Waals surface area contributed by atoms with Crippen molar-refractivity contribution in [1.29, 1.82) is 0 Å². The van der Waals surface area contributed by atoms with Crippen LogP contribution >= 0.6 is 11.3 Å². The molecule has 1 N–H and O–H groups in total. The monoisotopic (exact) mass is 366 g/mol. The van der Waals surface area contributed by atoms with Crippen molar-refractivity contribution in [3.8, 4) is 16.6 Å². The van der Waals surface area contributed by atoms with Crippen molar-refractivity contribution in [2.45, 2.75) is 25.8 Å². The number of hydrogen-bond acceptors (Lipinski definition) is 6. The Bertz CT molecular complexity index is 926. The molecule has 3 heterocycles. The van der Waals surface area contributed by atoms with E-state index in [4.69, 9.17) is 4.74 Å². The maximum atomic E-state index is 12.8. The van der Waals surface area contributed by atoms with Gasteiger partial charge in [-0.25, -0.2) is 15.0 Å². The number of hydrogen-bond donors (Lipinski definition) is 1. The van der Waals surface area contributed by atoms with Gasteiger partial charge in [0.1, 0.15) is 17.2 Å². The van der Waals surface area contributed by atoms with Crippen LogP contribution in [0.1, 0.15) is 27.9 Å². The summed E-state index contributed by atoms with van der Waals surface area (Å²) >= 11 is 1.33. The minimum Gasteiger partial charge on any atom is -0.491 e. The number of carbonyl (C=O) groups is 1. The van der Waals surface area contributed by atoms with Gasteiger partial charge in [0.25, 0.3) is 5.91 Å². The molecule has 1 aromatic carbocycles. The standard InChI is InChI=1S/C19H18N4O2S/c1-2-14-16(26-19(23-14)17-20-8-5-9-21-17)18(24)22-13-10-12-6-3-4-7-15(12)25-11-13/h3-9,13H,2,10-11H2,1H3,(H,22,24). The molecule has 3 aromatic rings. The molecule has 0 radical (unpaired) electrons. The molecule has 4 rings (SSSR count). The SMILES string of the molecule is CCc1nc(-c2ncccn2)sc1C(=O)NC1COc2ccccc2C1. The number of para-hydroxylation sites is 1. The molecule has 1 aliphatic rings. The van der Waals surface area contributed by atoms with Gasteiger partial charge >= 0.3 is 0 Å². The van der Waals surface area contributed by atoms with E-state index in [0.29, 0.717) is 28.7 Å². The summed E-state index contributed by atoms with van der Waals surface area (Å²) in [5, 5.41) is 3.75. The second-order valence-corrected chi connectivity index (χ2v) is 7.01. The molecule has 132 valence electrons. The van der Waals surface area contributed by atoms with Crippen LogP contribution in [0.25, 0.3) is 10.8 Å². The van der Waals surface area contributed by atoms with E-state index in [1.807, 2.05) is 31.2 Å². The first-order valence-electron chi connectivity index (χ1n) is 8.53. The van der Waals surface area contributed by atoms with Crippen LogP contribution in [0, 0.1) is 0 Å². The molecule has 26 heavy (non-hydrogen) atoms. The van der Waals surface area contributed by atoms with Gasteiger partial charge in [-0.2, -0.15) is 0 Å². The maximum absolute atomic E-state index is 12.8. The van der Waals surface area contributed by atoms with Crippen molar-refractivity contribution in [1.82, 2.24) is 20.3 Å². The van der Waals surface area contributed by atoms with Crippen molar-refractivity contribution < 1.29 is 9.53 Å². The fourth-order valence-corrected chi connectivity index (χ4v) is 3.95. The number of fused-ring (bicyclic) bond motifs is 1. The molecule has 0 saturated carbocycles. The minimum atomic E-state index is -0.116. The first kappa shape index (κ1) is 16.7. The molecule has 6 nitrogen and oxygen atoms in total.